The van der Waals surface area contributed by atoms with E-state index in [1.807, 2.05) is 11.3 Å². The van der Waals surface area contributed by atoms with E-state index in [9.17, 15) is 0 Å². The van der Waals surface area contributed by atoms with Crippen molar-refractivity contribution in [3.05, 3.63) is 39.4 Å². The topological polar surface area (TPSA) is 37.8 Å². The van der Waals surface area contributed by atoms with Gasteiger partial charge in [0.05, 0.1) is 12.4 Å². The molecule has 0 amide bonds. The Labute approximate surface area is 110 Å². The molecule has 1 atom stereocenters. The number of anilines is 1. The molecular formula is C12H14ClN3S. The van der Waals surface area contributed by atoms with E-state index in [2.05, 4.69) is 41.3 Å². The van der Waals surface area contributed by atoms with Gasteiger partial charge < -0.3 is 5.32 Å². The lowest BCUT2D eigenvalue weighted by molar-refractivity contribution is 0.793. The highest BCUT2D eigenvalue weighted by Crippen LogP contribution is 2.18. The van der Waals surface area contributed by atoms with E-state index in [-0.39, 0.29) is 0 Å². The number of nitrogens with one attached hydrogen (secondary N) is 1. The second kappa shape index (κ2) is 5.47. The number of nitrogens with zero attached hydrogens (tertiary/aromatic N) is 2. The van der Waals surface area contributed by atoms with Crippen LogP contribution in [0.2, 0.25) is 5.15 Å². The molecule has 1 N–H and O–H groups in total. The van der Waals surface area contributed by atoms with Crippen molar-refractivity contribution in [2.45, 2.75) is 26.3 Å². The van der Waals surface area contributed by atoms with Gasteiger partial charge in [-0.05, 0) is 26.0 Å². The molecule has 0 spiro atoms. The van der Waals surface area contributed by atoms with Crippen LogP contribution in [0, 0.1) is 6.92 Å². The van der Waals surface area contributed by atoms with Gasteiger partial charge in [-0.3, -0.25) is 4.98 Å². The number of aryl methyl sites for hydroxylation is 1. The molecule has 0 saturated carbocycles. The highest BCUT2D eigenvalue weighted by atomic mass is 35.5. The molecule has 0 aliphatic heterocycles. The van der Waals surface area contributed by atoms with Crippen LogP contribution in [0.3, 0.4) is 0 Å². The third-order valence-corrected chi connectivity index (χ3v) is 3.51. The second-order valence-corrected chi connectivity index (χ2v) is 5.75. The van der Waals surface area contributed by atoms with Crippen LogP contribution >= 0.6 is 22.9 Å². The first kappa shape index (κ1) is 12.3. The van der Waals surface area contributed by atoms with E-state index in [0.717, 1.165) is 12.2 Å². The van der Waals surface area contributed by atoms with Gasteiger partial charge in [-0.15, -0.1) is 11.3 Å². The SMILES string of the molecule is Cc1ccc(CC(C)Nc2cncc(Cl)n2)s1. The summed E-state index contributed by atoms with van der Waals surface area (Å²) in [7, 11) is 0. The van der Waals surface area contributed by atoms with Crippen molar-refractivity contribution in [2.24, 2.45) is 0 Å². The summed E-state index contributed by atoms with van der Waals surface area (Å²) in [6.07, 6.45) is 4.19. The average Bonchev–Trinajstić information content (AvgIpc) is 2.63. The highest BCUT2D eigenvalue weighted by Gasteiger charge is 2.06. The summed E-state index contributed by atoms with van der Waals surface area (Å²) < 4.78 is 0. The molecule has 90 valence electrons. The predicted octanol–water partition coefficient (Wildman–Crippen LogP) is 3.54. The molecule has 1 unspecified atom stereocenters. The van der Waals surface area contributed by atoms with E-state index >= 15 is 0 Å². The Kier molecular flexibility index (Phi) is 3.97. The molecule has 0 aromatic carbocycles. The maximum atomic E-state index is 5.78. The number of hydrogen-bond donors (Lipinski definition) is 1. The summed E-state index contributed by atoms with van der Waals surface area (Å²) >= 11 is 7.61. The molecule has 0 radical (unpaired) electrons. The molecule has 17 heavy (non-hydrogen) atoms. The van der Waals surface area contributed by atoms with Gasteiger partial charge in [0.1, 0.15) is 11.0 Å². The minimum Gasteiger partial charge on any atom is -0.366 e. The van der Waals surface area contributed by atoms with Crippen molar-refractivity contribution in [3.63, 3.8) is 0 Å². The Morgan fingerprint density at radius 2 is 2.24 bits per heavy atom. The van der Waals surface area contributed by atoms with Crippen molar-refractivity contribution in [1.29, 1.82) is 0 Å². The van der Waals surface area contributed by atoms with E-state index in [1.165, 1.54) is 16.0 Å². The van der Waals surface area contributed by atoms with E-state index in [1.54, 1.807) is 6.20 Å². The first-order chi connectivity index (χ1) is 8.13. The summed E-state index contributed by atoms with van der Waals surface area (Å²) in [5.41, 5.74) is 0. The predicted molar refractivity (Wildman–Crippen MR) is 72.9 cm³/mol. The van der Waals surface area contributed by atoms with Gasteiger partial charge >= 0.3 is 0 Å². The smallest absolute Gasteiger partial charge is 0.149 e. The number of rotatable bonds is 4. The third kappa shape index (κ3) is 3.68. The van der Waals surface area contributed by atoms with Crippen molar-refractivity contribution in [2.75, 3.05) is 5.32 Å². The molecule has 3 nitrogen and oxygen atoms in total. The average molecular weight is 268 g/mol. The highest BCUT2D eigenvalue weighted by molar-refractivity contribution is 7.11. The van der Waals surface area contributed by atoms with E-state index in [0.29, 0.717) is 11.2 Å². The molecule has 2 heterocycles. The molecule has 0 bridgehead atoms. The van der Waals surface area contributed by atoms with Crippen molar-refractivity contribution >= 4 is 28.8 Å². The lowest BCUT2D eigenvalue weighted by Gasteiger charge is -2.13. The molecule has 0 saturated heterocycles. The maximum absolute atomic E-state index is 5.78. The summed E-state index contributed by atoms with van der Waals surface area (Å²) in [6.45, 7) is 4.24. The Bertz CT molecular complexity index is 498. The van der Waals surface area contributed by atoms with Gasteiger partial charge in [0.25, 0.3) is 0 Å². The zero-order valence-electron chi connectivity index (χ0n) is 9.77. The van der Waals surface area contributed by atoms with Crippen molar-refractivity contribution in [3.8, 4) is 0 Å². The van der Waals surface area contributed by atoms with Crippen molar-refractivity contribution in [1.82, 2.24) is 9.97 Å². The van der Waals surface area contributed by atoms with Crippen LogP contribution in [0.5, 0.6) is 0 Å². The monoisotopic (exact) mass is 267 g/mol. The van der Waals surface area contributed by atoms with Crippen LogP contribution in [0.1, 0.15) is 16.7 Å². The van der Waals surface area contributed by atoms with Crippen LogP contribution in [0.15, 0.2) is 24.5 Å². The fraction of sp³-hybridized carbons (Fsp3) is 0.333. The Morgan fingerprint density at radius 1 is 1.41 bits per heavy atom. The van der Waals surface area contributed by atoms with Crippen LogP contribution in [0.25, 0.3) is 0 Å². The molecule has 2 aromatic heterocycles. The summed E-state index contributed by atoms with van der Waals surface area (Å²) in [4.78, 5) is 10.9. The fourth-order valence-electron chi connectivity index (χ4n) is 1.61. The Morgan fingerprint density at radius 3 is 2.88 bits per heavy atom. The molecule has 2 aromatic rings. The summed E-state index contributed by atoms with van der Waals surface area (Å²) in [5.74, 6) is 0.721. The first-order valence-electron chi connectivity index (χ1n) is 5.43. The van der Waals surface area contributed by atoms with Crippen LogP contribution in [0.4, 0.5) is 5.82 Å². The van der Waals surface area contributed by atoms with Crippen molar-refractivity contribution < 1.29 is 0 Å². The van der Waals surface area contributed by atoms with Gasteiger partial charge in [0, 0.05) is 22.2 Å². The Balaban J connectivity index is 1.95. The largest absolute Gasteiger partial charge is 0.366 e. The number of halogens is 1. The first-order valence-corrected chi connectivity index (χ1v) is 6.62. The van der Waals surface area contributed by atoms with Gasteiger partial charge in [-0.2, -0.15) is 0 Å². The minimum absolute atomic E-state index is 0.306. The number of thiophene rings is 1. The molecule has 2 rings (SSSR count). The van der Waals surface area contributed by atoms with Gasteiger partial charge in [0.2, 0.25) is 0 Å². The molecule has 5 heteroatoms. The molecule has 0 aliphatic carbocycles. The van der Waals surface area contributed by atoms with Crippen LogP contribution in [-0.4, -0.2) is 16.0 Å². The van der Waals surface area contributed by atoms with Crippen LogP contribution in [-0.2, 0) is 6.42 Å². The quantitative estimate of drug-likeness (QED) is 0.921. The third-order valence-electron chi connectivity index (χ3n) is 2.30. The fourth-order valence-corrected chi connectivity index (χ4v) is 2.78. The summed E-state index contributed by atoms with van der Waals surface area (Å²) in [6, 6.07) is 4.62. The zero-order chi connectivity index (χ0) is 12.3. The minimum atomic E-state index is 0.306. The Hall–Kier alpha value is -1.13. The standard InChI is InChI=1S/C12H14ClN3S/c1-8(5-10-4-3-9(2)17-10)15-12-7-14-6-11(13)16-12/h3-4,6-8H,5H2,1-2H3,(H,15,16). The lowest BCUT2D eigenvalue weighted by Crippen LogP contribution is -2.18. The lowest BCUT2D eigenvalue weighted by atomic mass is 10.2. The van der Waals surface area contributed by atoms with Gasteiger partial charge in [0.15, 0.2) is 0 Å². The van der Waals surface area contributed by atoms with Gasteiger partial charge in [-0.1, -0.05) is 11.6 Å². The number of hydrogen-bond acceptors (Lipinski definition) is 4. The van der Waals surface area contributed by atoms with E-state index < -0.39 is 0 Å². The number of aromatic nitrogens is 2. The maximum Gasteiger partial charge on any atom is 0.149 e. The zero-order valence-corrected chi connectivity index (χ0v) is 11.3. The van der Waals surface area contributed by atoms with Gasteiger partial charge in [-0.25, -0.2) is 4.98 Å². The molecular weight excluding hydrogens is 254 g/mol. The van der Waals surface area contributed by atoms with Crippen LogP contribution < -0.4 is 5.32 Å². The molecule has 0 aliphatic rings. The normalized spacial score (nSPS) is 12.4. The molecule has 0 fully saturated rings. The van der Waals surface area contributed by atoms with E-state index in [4.69, 9.17) is 11.6 Å². The second-order valence-electron chi connectivity index (χ2n) is 3.99. The summed E-state index contributed by atoms with van der Waals surface area (Å²) in [5, 5.41) is 3.70.